The number of likely N-dealkylation sites (N-methyl/N-ethyl adjacent to an activating group) is 1. The van der Waals surface area contributed by atoms with Gasteiger partial charge < -0.3 is 59.7 Å². The third-order valence-corrected chi connectivity index (χ3v) is 18.4. The second-order valence-electron chi connectivity index (χ2n) is 25.4. The maximum atomic E-state index is 15.2. The lowest BCUT2D eigenvalue weighted by Gasteiger charge is -2.41. The number of nitrogens with two attached hydrogens (primary N) is 1. The van der Waals surface area contributed by atoms with Crippen molar-refractivity contribution in [3.05, 3.63) is 81.4 Å². The summed E-state index contributed by atoms with van der Waals surface area (Å²) in [5.74, 6) is -7.25. The number of anilines is 1. The number of primary amides is 1. The van der Waals surface area contributed by atoms with Crippen molar-refractivity contribution in [3.63, 3.8) is 0 Å². The van der Waals surface area contributed by atoms with Crippen molar-refractivity contribution in [1.82, 2.24) is 15.5 Å². The summed E-state index contributed by atoms with van der Waals surface area (Å²) < 4.78 is 80.6. The largest absolute Gasteiger partial charge is 0.495 e. The number of benzene rings is 2. The van der Waals surface area contributed by atoms with E-state index in [4.69, 9.17) is 45.8 Å². The Hall–Kier alpha value is -6.89. The molecule has 2 aromatic carbocycles. The molecule has 25 heteroatoms. The Bertz CT molecular complexity index is 3080. The lowest BCUT2D eigenvalue weighted by atomic mass is 9.78. The molecule has 4 aliphatic rings. The molecule has 6 rings (SSSR count). The fourth-order valence-electron chi connectivity index (χ4n) is 11.9. The highest BCUT2D eigenvalue weighted by Crippen LogP contribution is 2.50. The first-order valence-corrected chi connectivity index (χ1v) is 31.4. The zero-order valence-electron chi connectivity index (χ0n) is 53.8. The van der Waals surface area contributed by atoms with E-state index in [-0.39, 0.29) is 90.4 Å². The molecule has 2 saturated heterocycles. The number of ketones is 2. The molecule has 11 atom stereocenters. The van der Waals surface area contributed by atoms with Gasteiger partial charge >= 0.3 is 30.1 Å². The lowest BCUT2D eigenvalue weighted by Crippen LogP contribution is -2.53. The monoisotopic (exact) mass is 1300 g/mol. The molecular formula is C66H89ClF3N5O16. The molecule has 0 aromatic heterocycles. The van der Waals surface area contributed by atoms with Crippen molar-refractivity contribution in [2.24, 2.45) is 29.4 Å². The van der Waals surface area contributed by atoms with E-state index in [1.165, 1.54) is 33.1 Å². The van der Waals surface area contributed by atoms with Crippen LogP contribution in [-0.2, 0) is 76.3 Å². The molecule has 5 N–H and O–H groups in total. The lowest BCUT2D eigenvalue weighted by molar-refractivity contribution is -0.187. The number of unbranched alkanes of at least 4 members (excludes halogenated alkanes) is 1. The Kier molecular flexibility index (Phi) is 25.4. The molecule has 91 heavy (non-hydrogen) atoms. The molecule has 3 fully saturated rings. The zero-order chi connectivity index (χ0) is 67.4. The van der Waals surface area contributed by atoms with E-state index in [1.54, 1.807) is 58.9 Å². The van der Waals surface area contributed by atoms with Gasteiger partial charge in [0, 0.05) is 65.3 Å². The maximum absolute atomic E-state index is 15.2. The number of amides is 5. The Labute approximate surface area is 534 Å². The van der Waals surface area contributed by atoms with Crippen LogP contribution in [0, 0.1) is 23.7 Å². The summed E-state index contributed by atoms with van der Waals surface area (Å²) in [6.07, 6.45) is -1.63. The van der Waals surface area contributed by atoms with E-state index in [0.717, 1.165) is 48.9 Å². The Morgan fingerprint density at radius 1 is 1.00 bits per heavy atom. The van der Waals surface area contributed by atoms with Crippen LogP contribution >= 0.6 is 11.6 Å². The number of allylic oxidation sites excluding steroid dienone is 3. The van der Waals surface area contributed by atoms with Gasteiger partial charge in [-0.3, -0.25) is 33.6 Å². The average molecular weight is 1300 g/mol. The Morgan fingerprint density at radius 3 is 2.33 bits per heavy atom. The molecule has 4 bridgehead atoms. The molecule has 1 unspecified atom stereocenters. The Balaban J connectivity index is 1.20. The third-order valence-electron chi connectivity index (χ3n) is 18.0. The van der Waals surface area contributed by atoms with Gasteiger partial charge in [-0.1, -0.05) is 68.7 Å². The van der Waals surface area contributed by atoms with Gasteiger partial charge in [0.1, 0.15) is 52.1 Å². The van der Waals surface area contributed by atoms with Crippen molar-refractivity contribution in [1.29, 1.82) is 0 Å². The number of esters is 3. The number of aliphatic hydroxyl groups is 1. The summed E-state index contributed by atoms with van der Waals surface area (Å²) in [6.45, 7) is 11.6. The molecule has 21 nitrogen and oxygen atoms in total. The summed E-state index contributed by atoms with van der Waals surface area (Å²) in [5, 5.41) is 17.2. The average Bonchev–Trinajstić information content (AvgIpc) is 1.58. The number of carbonyl (C=O) groups excluding carboxylic acids is 9. The van der Waals surface area contributed by atoms with Crippen LogP contribution in [0.15, 0.2) is 54.1 Å². The summed E-state index contributed by atoms with van der Waals surface area (Å²) in [6, 6.07) is 2.31. The predicted molar refractivity (Wildman–Crippen MR) is 330 cm³/mol. The number of nitrogens with one attached hydrogen (secondary N) is 2. The van der Waals surface area contributed by atoms with Crippen molar-refractivity contribution in [2.75, 3.05) is 39.8 Å². The number of carbonyl (C=O) groups is 9. The van der Waals surface area contributed by atoms with Crippen LogP contribution in [-0.4, -0.2) is 152 Å². The van der Waals surface area contributed by atoms with Crippen LogP contribution in [0.3, 0.4) is 0 Å². The number of hydrogen-bond donors (Lipinski definition) is 4. The van der Waals surface area contributed by atoms with Crippen LogP contribution < -0.4 is 26.0 Å². The number of alkyl halides is 3. The van der Waals surface area contributed by atoms with Gasteiger partial charge in [0.2, 0.25) is 11.8 Å². The van der Waals surface area contributed by atoms with Crippen molar-refractivity contribution >= 4 is 70.5 Å². The van der Waals surface area contributed by atoms with Gasteiger partial charge in [-0.2, -0.15) is 13.2 Å². The number of rotatable bonds is 25. The molecule has 2 aromatic rings. The highest BCUT2D eigenvalue weighted by atomic mass is 35.5. The summed E-state index contributed by atoms with van der Waals surface area (Å²) in [7, 11) is 5.36. The van der Waals surface area contributed by atoms with E-state index < -0.39 is 138 Å². The fraction of sp³-hybridized carbons (Fsp3) is 0.621. The number of epoxide rings is 1. The molecule has 0 spiro atoms. The van der Waals surface area contributed by atoms with Crippen molar-refractivity contribution < 1.29 is 89.8 Å². The Morgan fingerprint density at radius 2 is 1.70 bits per heavy atom. The number of ether oxygens (including phenoxy) is 6. The second-order valence-corrected chi connectivity index (χ2v) is 25.7. The topological polar surface area (TPSA) is 289 Å². The smallest absolute Gasteiger partial charge is 0.417 e. The molecular weight excluding hydrogens is 1210 g/mol. The van der Waals surface area contributed by atoms with Crippen LogP contribution in [0.2, 0.25) is 5.02 Å². The summed E-state index contributed by atoms with van der Waals surface area (Å²) in [4.78, 5) is 124. The number of hydrogen-bond acceptors (Lipinski definition) is 16. The number of methoxy groups -OCH3 is 2. The van der Waals surface area contributed by atoms with Gasteiger partial charge in [0.15, 0.2) is 5.78 Å². The zero-order valence-corrected chi connectivity index (χ0v) is 54.6. The molecule has 1 saturated carbocycles. The quantitative estimate of drug-likeness (QED) is 0.0313. The first kappa shape index (κ1) is 73.2. The first-order valence-electron chi connectivity index (χ1n) is 31.1. The molecule has 3 aliphatic heterocycles. The van der Waals surface area contributed by atoms with Gasteiger partial charge in [-0.25, -0.2) is 9.59 Å². The third kappa shape index (κ3) is 19.1. The predicted octanol–water partition coefficient (Wildman–Crippen LogP) is 8.67. The van der Waals surface area contributed by atoms with Crippen LogP contribution in [0.1, 0.15) is 159 Å². The minimum absolute atomic E-state index is 0.00535. The normalized spacial score (nSPS) is 25.2. The van der Waals surface area contributed by atoms with Crippen LogP contribution in [0.5, 0.6) is 5.75 Å². The van der Waals surface area contributed by atoms with Crippen molar-refractivity contribution in [2.45, 2.75) is 205 Å². The number of urea groups is 1. The highest BCUT2D eigenvalue weighted by Gasteiger charge is 2.64. The molecule has 502 valence electrons. The number of fused-ring (bicyclic) bond motifs is 5. The van der Waals surface area contributed by atoms with Crippen LogP contribution in [0.25, 0.3) is 0 Å². The SMILES string of the molecule is COc1cc2cc(c1Cl)N(C)C(=O)C[C@H](OC(=O)[C@H](C)N(C)C(=O)c1ccc(CC(=O)[C@H](CCCNC(N)=O)NC(=O)[C@@H](CC(=O)CCCCC(C)OC(=O)C3CCC3)C(C)C)cc1C(F)(F)F)[C@]1(C)O[C@H]1[C@H](C)[C@@H]1C[C@@](O)(CC(=O)O1)[C@H](OC)/C=C/C=C(\C)C2. The van der Waals surface area contributed by atoms with E-state index in [9.17, 15) is 48.3 Å². The number of halogens is 4. The van der Waals surface area contributed by atoms with Gasteiger partial charge in [-0.15, -0.1) is 0 Å². The van der Waals surface area contributed by atoms with E-state index in [1.807, 2.05) is 13.0 Å². The fourth-order valence-corrected chi connectivity index (χ4v) is 12.2. The van der Waals surface area contributed by atoms with Crippen molar-refractivity contribution in [3.8, 4) is 5.75 Å². The van der Waals surface area contributed by atoms with Gasteiger partial charge in [0.25, 0.3) is 5.91 Å². The molecule has 0 radical (unpaired) electrons. The summed E-state index contributed by atoms with van der Waals surface area (Å²) >= 11 is 6.83. The number of Topliss-reactive ketones (excluding diaryl/α,β-unsaturated/α-hetero) is 2. The standard InChI is InChI=1S/C66H89ClF3N5O16/c1-36(2)46(32-44(76)21-13-12-18-38(4)88-62(83)43-19-15-20-43)59(80)73-48(22-16-26-72-63(71)84)50(77)30-41-24-25-45(47(28-41)66(68,69)70)60(81)74(8)40(6)61(82)90-54-33-55(78)75(9)49-29-42(31-51(86-10)57(49)67)27-37(3)17-14-23-53(87-11)65(85)34-52(89-56(79)35-65)39(5)58-64(54,7)91-58/h14,17,23-25,28-29,31,36,38-40,43,46,48,52-54,58,85H,12-13,15-16,18-22,26-27,30,32-35H2,1-11H3,(H,73,80)(H3,71,72,84)/b23-14+,37-17+/t38?,39-,40+,46+,48+,52+,53-,54+,58+,64+,65-/m1/s1. The molecule has 1 aliphatic carbocycles. The van der Waals surface area contributed by atoms with E-state index in [0.29, 0.717) is 37.3 Å². The maximum Gasteiger partial charge on any atom is 0.417 e. The van der Waals surface area contributed by atoms with Gasteiger partial charge in [0.05, 0.1) is 60.9 Å². The van der Waals surface area contributed by atoms with E-state index >= 15 is 13.2 Å². The minimum Gasteiger partial charge on any atom is -0.495 e. The molecule has 3 heterocycles. The summed E-state index contributed by atoms with van der Waals surface area (Å²) in [5.41, 5.74) is 1.28. The highest BCUT2D eigenvalue weighted by molar-refractivity contribution is 6.35. The van der Waals surface area contributed by atoms with Crippen LogP contribution in [0.4, 0.5) is 23.7 Å². The molecule has 5 amide bonds. The second kappa shape index (κ2) is 31.6. The first-order chi connectivity index (χ1) is 42.7. The van der Waals surface area contributed by atoms with Gasteiger partial charge in [-0.05, 0) is 120 Å². The van der Waals surface area contributed by atoms with E-state index in [2.05, 4.69) is 10.6 Å². The number of nitrogens with zero attached hydrogens (tertiary/aromatic N) is 2. The minimum atomic E-state index is -5.19.